The van der Waals surface area contributed by atoms with Gasteiger partial charge in [-0.1, -0.05) is 24.3 Å². The van der Waals surface area contributed by atoms with Crippen molar-refractivity contribution in [2.24, 2.45) is 0 Å². The SMILES string of the molecule is COc1cc(C)cc(CNC(=O)CCc2ccccc2C(=O)O)c1. The van der Waals surface area contributed by atoms with Crippen LogP contribution < -0.4 is 10.1 Å². The molecule has 5 nitrogen and oxygen atoms in total. The zero-order valence-electron chi connectivity index (χ0n) is 13.8. The minimum Gasteiger partial charge on any atom is -0.497 e. The van der Waals surface area contributed by atoms with E-state index in [2.05, 4.69) is 5.32 Å². The number of carbonyl (C=O) groups is 2. The van der Waals surface area contributed by atoms with Gasteiger partial charge in [0.25, 0.3) is 0 Å². The Morgan fingerprint density at radius 2 is 1.92 bits per heavy atom. The van der Waals surface area contributed by atoms with Gasteiger partial charge in [-0.15, -0.1) is 0 Å². The molecule has 0 aliphatic heterocycles. The van der Waals surface area contributed by atoms with Crippen LogP contribution in [0, 0.1) is 6.92 Å². The zero-order valence-corrected chi connectivity index (χ0v) is 13.8. The van der Waals surface area contributed by atoms with Crippen LogP contribution in [-0.4, -0.2) is 24.1 Å². The highest BCUT2D eigenvalue weighted by Gasteiger charge is 2.10. The van der Waals surface area contributed by atoms with Gasteiger partial charge < -0.3 is 15.2 Å². The molecule has 0 saturated carbocycles. The average molecular weight is 327 g/mol. The molecular weight excluding hydrogens is 306 g/mol. The molecule has 0 spiro atoms. The van der Waals surface area contributed by atoms with Gasteiger partial charge in [-0.2, -0.15) is 0 Å². The van der Waals surface area contributed by atoms with Crippen molar-refractivity contribution in [3.63, 3.8) is 0 Å². The van der Waals surface area contributed by atoms with E-state index in [9.17, 15) is 9.59 Å². The molecule has 24 heavy (non-hydrogen) atoms. The molecule has 5 heteroatoms. The Labute approximate surface area is 141 Å². The average Bonchev–Trinajstić information content (AvgIpc) is 2.57. The molecule has 2 N–H and O–H groups in total. The fourth-order valence-corrected chi connectivity index (χ4v) is 2.53. The summed E-state index contributed by atoms with van der Waals surface area (Å²) in [4.78, 5) is 23.2. The van der Waals surface area contributed by atoms with Crippen molar-refractivity contribution < 1.29 is 19.4 Å². The van der Waals surface area contributed by atoms with Gasteiger partial charge in [0, 0.05) is 13.0 Å². The van der Waals surface area contributed by atoms with Crippen LogP contribution in [0.5, 0.6) is 5.75 Å². The predicted octanol–water partition coefficient (Wildman–Crippen LogP) is 2.95. The molecule has 0 bridgehead atoms. The van der Waals surface area contributed by atoms with Crippen molar-refractivity contribution in [3.8, 4) is 5.75 Å². The Kier molecular flexibility index (Phi) is 5.95. The van der Waals surface area contributed by atoms with E-state index in [1.165, 1.54) is 0 Å². The Morgan fingerprint density at radius 3 is 2.62 bits per heavy atom. The van der Waals surface area contributed by atoms with Crippen LogP contribution in [0.2, 0.25) is 0 Å². The smallest absolute Gasteiger partial charge is 0.335 e. The van der Waals surface area contributed by atoms with Crippen LogP contribution in [0.3, 0.4) is 0 Å². The summed E-state index contributed by atoms with van der Waals surface area (Å²) in [6.45, 7) is 2.38. The third kappa shape index (κ3) is 4.84. The zero-order chi connectivity index (χ0) is 17.5. The van der Waals surface area contributed by atoms with Crippen LogP contribution in [-0.2, 0) is 17.8 Å². The monoisotopic (exact) mass is 327 g/mol. The number of nitrogens with one attached hydrogen (secondary N) is 1. The first-order valence-corrected chi connectivity index (χ1v) is 7.72. The highest BCUT2D eigenvalue weighted by Crippen LogP contribution is 2.16. The molecule has 0 aliphatic carbocycles. The third-order valence-corrected chi connectivity index (χ3v) is 3.71. The first-order valence-electron chi connectivity index (χ1n) is 7.72. The number of aryl methyl sites for hydroxylation is 2. The third-order valence-electron chi connectivity index (χ3n) is 3.71. The molecule has 126 valence electrons. The summed E-state index contributed by atoms with van der Waals surface area (Å²) in [7, 11) is 1.61. The molecule has 0 aliphatic rings. The first kappa shape index (κ1) is 17.5. The highest BCUT2D eigenvalue weighted by atomic mass is 16.5. The summed E-state index contributed by atoms with van der Waals surface area (Å²) in [6.07, 6.45) is 0.638. The van der Waals surface area contributed by atoms with Gasteiger partial charge in [0.1, 0.15) is 5.75 Å². The lowest BCUT2D eigenvalue weighted by Gasteiger charge is -2.09. The summed E-state index contributed by atoms with van der Waals surface area (Å²) in [5.41, 5.74) is 2.94. The molecule has 2 aromatic carbocycles. The van der Waals surface area contributed by atoms with Gasteiger partial charge in [-0.05, 0) is 48.2 Å². The summed E-state index contributed by atoms with van der Waals surface area (Å²) in [5, 5.41) is 12.0. The van der Waals surface area contributed by atoms with Gasteiger partial charge in [0.05, 0.1) is 12.7 Å². The molecular formula is C19H21NO4. The van der Waals surface area contributed by atoms with E-state index in [1.807, 2.05) is 25.1 Å². The van der Waals surface area contributed by atoms with E-state index < -0.39 is 5.97 Å². The fourth-order valence-electron chi connectivity index (χ4n) is 2.53. The lowest BCUT2D eigenvalue weighted by molar-refractivity contribution is -0.121. The number of carboxylic acid groups (broad SMARTS) is 1. The lowest BCUT2D eigenvalue weighted by atomic mass is 10.0. The number of hydrogen-bond acceptors (Lipinski definition) is 3. The van der Waals surface area contributed by atoms with E-state index in [0.717, 1.165) is 16.9 Å². The molecule has 0 saturated heterocycles. The number of benzene rings is 2. The van der Waals surface area contributed by atoms with Crippen LogP contribution in [0.1, 0.15) is 33.5 Å². The van der Waals surface area contributed by atoms with E-state index in [-0.39, 0.29) is 17.9 Å². The van der Waals surface area contributed by atoms with Crippen molar-refractivity contribution >= 4 is 11.9 Å². The van der Waals surface area contributed by atoms with Crippen molar-refractivity contribution in [2.45, 2.75) is 26.3 Å². The topological polar surface area (TPSA) is 75.6 Å². The Hall–Kier alpha value is -2.82. The number of aromatic carboxylic acids is 1. The van der Waals surface area contributed by atoms with Gasteiger partial charge in [-0.25, -0.2) is 4.79 Å². The van der Waals surface area contributed by atoms with Crippen LogP contribution in [0.4, 0.5) is 0 Å². The molecule has 0 atom stereocenters. The Bertz CT molecular complexity index is 740. The Morgan fingerprint density at radius 1 is 1.17 bits per heavy atom. The number of amides is 1. The Balaban J connectivity index is 1.90. The second-order valence-electron chi connectivity index (χ2n) is 5.60. The maximum atomic E-state index is 12.0. The standard InChI is InChI=1S/C19H21NO4/c1-13-9-14(11-16(10-13)24-2)12-20-18(21)8-7-15-5-3-4-6-17(15)19(22)23/h3-6,9-11H,7-8,12H2,1-2H3,(H,20,21)(H,22,23). The number of methoxy groups -OCH3 is 1. The van der Waals surface area contributed by atoms with Crippen molar-refractivity contribution in [1.82, 2.24) is 5.32 Å². The minimum atomic E-state index is -0.974. The molecule has 0 fully saturated rings. The number of hydrogen-bond donors (Lipinski definition) is 2. The second-order valence-corrected chi connectivity index (χ2v) is 5.60. The first-order chi connectivity index (χ1) is 11.5. The van der Waals surface area contributed by atoms with Crippen LogP contribution in [0.15, 0.2) is 42.5 Å². The van der Waals surface area contributed by atoms with Crippen LogP contribution >= 0.6 is 0 Å². The second kappa shape index (κ2) is 8.15. The van der Waals surface area contributed by atoms with Gasteiger partial charge in [0.15, 0.2) is 0 Å². The minimum absolute atomic E-state index is 0.115. The highest BCUT2D eigenvalue weighted by molar-refractivity contribution is 5.89. The quantitative estimate of drug-likeness (QED) is 0.820. The van der Waals surface area contributed by atoms with Gasteiger partial charge in [0.2, 0.25) is 5.91 Å². The number of ether oxygens (including phenoxy) is 1. The number of rotatable bonds is 7. The maximum Gasteiger partial charge on any atom is 0.335 e. The number of carbonyl (C=O) groups excluding carboxylic acids is 1. The summed E-state index contributed by atoms with van der Waals surface area (Å²) in [6, 6.07) is 12.5. The maximum absolute atomic E-state index is 12.0. The summed E-state index contributed by atoms with van der Waals surface area (Å²) >= 11 is 0. The largest absolute Gasteiger partial charge is 0.497 e. The van der Waals surface area contributed by atoms with Crippen LogP contribution in [0.25, 0.3) is 0 Å². The van der Waals surface area contributed by atoms with E-state index >= 15 is 0 Å². The lowest BCUT2D eigenvalue weighted by Crippen LogP contribution is -2.23. The summed E-state index contributed by atoms with van der Waals surface area (Å²) < 4.78 is 5.22. The van der Waals surface area contributed by atoms with Gasteiger partial charge >= 0.3 is 5.97 Å². The molecule has 0 aromatic heterocycles. The van der Waals surface area contributed by atoms with Crippen molar-refractivity contribution in [3.05, 3.63) is 64.7 Å². The van der Waals surface area contributed by atoms with Crippen molar-refractivity contribution in [2.75, 3.05) is 7.11 Å². The normalized spacial score (nSPS) is 10.2. The molecule has 0 heterocycles. The molecule has 0 radical (unpaired) electrons. The van der Waals surface area contributed by atoms with E-state index in [1.54, 1.807) is 31.4 Å². The molecule has 0 unspecified atom stereocenters. The predicted molar refractivity (Wildman–Crippen MR) is 91.3 cm³/mol. The molecule has 1 amide bonds. The molecule has 2 rings (SSSR count). The van der Waals surface area contributed by atoms with Gasteiger partial charge in [-0.3, -0.25) is 4.79 Å². The number of carboxylic acids is 1. The van der Waals surface area contributed by atoms with E-state index in [0.29, 0.717) is 18.5 Å². The van der Waals surface area contributed by atoms with Crippen molar-refractivity contribution in [1.29, 1.82) is 0 Å². The molecule has 2 aromatic rings. The summed E-state index contributed by atoms with van der Waals surface area (Å²) in [5.74, 6) is -0.330. The fraction of sp³-hybridized carbons (Fsp3) is 0.263. The van der Waals surface area contributed by atoms with E-state index in [4.69, 9.17) is 9.84 Å².